The first kappa shape index (κ1) is 18.5. The predicted molar refractivity (Wildman–Crippen MR) is 96.7 cm³/mol. The second-order valence-corrected chi connectivity index (χ2v) is 7.49. The summed E-state index contributed by atoms with van der Waals surface area (Å²) in [7, 11) is 0. The number of hydrogen-bond donors (Lipinski definition) is 2. The molecule has 0 aliphatic heterocycles. The SMILES string of the molecule is Cc1nc(-c2ncn[nH]2)sc1C(=O)OCC(=O)NCCC1CCCCC1. The number of carbonyl (C=O) groups excluding carboxylic acids is 2. The number of aromatic nitrogens is 4. The van der Waals surface area contributed by atoms with Gasteiger partial charge in [-0.05, 0) is 19.3 Å². The van der Waals surface area contributed by atoms with E-state index in [2.05, 4.69) is 25.5 Å². The maximum Gasteiger partial charge on any atom is 0.350 e. The Morgan fingerprint density at radius 3 is 2.88 bits per heavy atom. The average molecular weight is 377 g/mol. The molecule has 0 unspecified atom stereocenters. The lowest BCUT2D eigenvalue weighted by Gasteiger charge is -2.21. The average Bonchev–Trinajstić information content (AvgIpc) is 3.30. The van der Waals surface area contributed by atoms with Crippen molar-refractivity contribution in [1.82, 2.24) is 25.5 Å². The molecule has 2 aromatic heterocycles. The zero-order valence-corrected chi connectivity index (χ0v) is 15.6. The van der Waals surface area contributed by atoms with Gasteiger partial charge in [0.15, 0.2) is 17.4 Å². The first-order chi connectivity index (χ1) is 12.6. The number of nitrogens with zero attached hydrogens (tertiary/aromatic N) is 3. The Labute approximate surface area is 155 Å². The summed E-state index contributed by atoms with van der Waals surface area (Å²) < 4.78 is 5.12. The van der Waals surface area contributed by atoms with E-state index >= 15 is 0 Å². The summed E-state index contributed by atoms with van der Waals surface area (Å²) in [4.78, 5) is 32.7. The van der Waals surface area contributed by atoms with Gasteiger partial charge in [0.1, 0.15) is 11.2 Å². The first-order valence-corrected chi connectivity index (χ1v) is 9.72. The number of rotatable bonds is 7. The number of esters is 1. The molecular weight excluding hydrogens is 354 g/mol. The standard InChI is InChI=1S/C17H23N5O3S/c1-11-14(26-16(21-11)15-19-10-20-22-15)17(24)25-9-13(23)18-8-7-12-5-3-2-4-6-12/h10,12H,2-9H2,1H3,(H,18,23)(H,19,20,22). The quantitative estimate of drug-likeness (QED) is 0.717. The third kappa shape index (κ3) is 4.87. The van der Waals surface area contributed by atoms with Gasteiger partial charge in [-0.25, -0.2) is 14.8 Å². The second-order valence-electron chi connectivity index (χ2n) is 6.49. The zero-order valence-electron chi connectivity index (χ0n) is 14.8. The van der Waals surface area contributed by atoms with Crippen LogP contribution < -0.4 is 5.32 Å². The number of aryl methyl sites for hydroxylation is 1. The Morgan fingerprint density at radius 2 is 2.15 bits per heavy atom. The predicted octanol–water partition coefficient (Wildman–Crippen LogP) is 2.48. The van der Waals surface area contributed by atoms with Crippen molar-refractivity contribution in [1.29, 1.82) is 0 Å². The van der Waals surface area contributed by atoms with Crippen LogP contribution >= 0.6 is 11.3 Å². The smallest absolute Gasteiger partial charge is 0.350 e. The highest BCUT2D eigenvalue weighted by Crippen LogP contribution is 2.26. The third-order valence-electron chi connectivity index (χ3n) is 4.53. The second kappa shape index (κ2) is 8.88. The summed E-state index contributed by atoms with van der Waals surface area (Å²) in [5.74, 6) is 0.388. The summed E-state index contributed by atoms with van der Waals surface area (Å²) in [5, 5.41) is 9.86. The molecule has 3 rings (SSSR count). The van der Waals surface area contributed by atoms with E-state index in [1.165, 1.54) is 38.4 Å². The lowest BCUT2D eigenvalue weighted by Crippen LogP contribution is -2.30. The van der Waals surface area contributed by atoms with Crippen molar-refractivity contribution >= 4 is 23.2 Å². The maximum atomic E-state index is 12.2. The van der Waals surface area contributed by atoms with E-state index in [1.807, 2.05) is 0 Å². The highest BCUT2D eigenvalue weighted by atomic mass is 32.1. The summed E-state index contributed by atoms with van der Waals surface area (Å²) in [6.45, 7) is 2.08. The molecule has 0 spiro atoms. The van der Waals surface area contributed by atoms with E-state index in [0.717, 1.165) is 17.8 Å². The molecule has 26 heavy (non-hydrogen) atoms. The minimum atomic E-state index is -0.548. The number of H-pyrrole nitrogens is 1. The Kier molecular flexibility index (Phi) is 6.32. The van der Waals surface area contributed by atoms with Crippen LogP contribution in [-0.4, -0.2) is 45.2 Å². The Morgan fingerprint density at radius 1 is 1.35 bits per heavy atom. The topological polar surface area (TPSA) is 110 Å². The summed E-state index contributed by atoms with van der Waals surface area (Å²) in [6.07, 6.45) is 8.79. The van der Waals surface area contributed by atoms with Crippen LogP contribution in [0.4, 0.5) is 0 Å². The summed E-state index contributed by atoms with van der Waals surface area (Å²) in [5.41, 5.74) is 0.545. The number of thiazole rings is 1. The van der Waals surface area contributed by atoms with Gasteiger partial charge in [0.25, 0.3) is 5.91 Å². The number of hydrogen-bond acceptors (Lipinski definition) is 7. The molecular formula is C17H23N5O3S. The van der Waals surface area contributed by atoms with Gasteiger partial charge in [-0.2, -0.15) is 5.10 Å². The number of nitrogens with one attached hydrogen (secondary N) is 2. The molecule has 0 aromatic carbocycles. The van der Waals surface area contributed by atoms with Gasteiger partial charge in [0.2, 0.25) is 0 Å². The largest absolute Gasteiger partial charge is 0.451 e. The molecule has 2 N–H and O–H groups in total. The van der Waals surface area contributed by atoms with E-state index < -0.39 is 5.97 Å². The molecule has 0 atom stereocenters. The van der Waals surface area contributed by atoms with Gasteiger partial charge in [-0.15, -0.1) is 11.3 Å². The Balaban J connectivity index is 1.42. The van der Waals surface area contributed by atoms with E-state index in [0.29, 0.717) is 33.9 Å². The van der Waals surface area contributed by atoms with Gasteiger partial charge in [0.05, 0.1) is 5.69 Å². The van der Waals surface area contributed by atoms with Crippen LogP contribution in [0.25, 0.3) is 10.8 Å². The van der Waals surface area contributed by atoms with Crippen LogP contribution in [0, 0.1) is 12.8 Å². The molecule has 1 aliphatic carbocycles. The fourth-order valence-corrected chi connectivity index (χ4v) is 4.04. The summed E-state index contributed by atoms with van der Waals surface area (Å²) in [6, 6.07) is 0. The van der Waals surface area contributed by atoms with Crippen LogP contribution in [0.15, 0.2) is 6.33 Å². The van der Waals surface area contributed by atoms with Crippen LogP contribution in [0.5, 0.6) is 0 Å². The fraction of sp³-hybridized carbons (Fsp3) is 0.588. The molecule has 140 valence electrons. The van der Waals surface area contributed by atoms with Crippen molar-refractivity contribution in [3.8, 4) is 10.8 Å². The van der Waals surface area contributed by atoms with Crippen molar-refractivity contribution < 1.29 is 14.3 Å². The van der Waals surface area contributed by atoms with Crippen LogP contribution in [0.2, 0.25) is 0 Å². The van der Waals surface area contributed by atoms with Crippen LogP contribution in [0.3, 0.4) is 0 Å². The van der Waals surface area contributed by atoms with E-state index in [1.54, 1.807) is 6.92 Å². The molecule has 0 saturated heterocycles. The van der Waals surface area contributed by atoms with Crippen LogP contribution in [0.1, 0.15) is 53.9 Å². The van der Waals surface area contributed by atoms with E-state index in [-0.39, 0.29) is 12.5 Å². The molecule has 1 saturated carbocycles. The lowest BCUT2D eigenvalue weighted by atomic mass is 9.87. The first-order valence-electron chi connectivity index (χ1n) is 8.90. The van der Waals surface area contributed by atoms with Crippen molar-refractivity contribution in [3.05, 3.63) is 16.9 Å². The van der Waals surface area contributed by atoms with Crippen LogP contribution in [-0.2, 0) is 9.53 Å². The molecule has 2 aromatic rings. The number of carbonyl (C=O) groups is 2. The lowest BCUT2D eigenvalue weighted by molar-refractivity contribution is -0.124. The molecule has 9 heteroatoms. The Bertz CT molecular complexity index is 738. The van der Waals surface area contributed by atoms with Crippen molar-refractivity contribution in [3.63, 3.8) is 0 Å². The monoisotopic (exact) mass is 377 g/mol. The normalized spacial score (nSPS) is 15.0. The maximum absolute atomic E-state index is 12.2. The van der Waals surface area contributed by atoms with Gasteiger partial charge in [-0.3, -0.25) is 9.89 Å². The Hall–Kier alpha value is -2.29. The molecule has 1 amide bonds. The van der Waals surface area contributed by atoms with Crippen molar-refractivity contribution in [2.75, 3.05) is 13.2 Å². The van der Waals surface area contributed by atoms with Gasteiger partial charge in [-0.1, -0.05) is 32.1 Å². The number of aromatic amines is 1. The highest BCUT2D eigenvalue weighted by molar-refractivity contribution is 7.16. The minimum Gasteiger partial charge on any atom is -0.451 e. The van der Waals surface area contributed by atoms with Gasteiger partial charge >= 0.3 is 5.97 Å². The highest BCUT2D eigenvalue weighted by Gasteiger charge is 2.20. The summed E-state index contributed by atoms with van der Waals surface area (Å²) >= 11 is 1.16. The fourth-order valence-electron chi connectivity index (χ4n) is 3.13. The minimum absolute atomic E-state index is 0.271. The molecule has 1 fully saturated rings. The zero-order chi connectivity index (χ0) is 18.4. The number of amides is 1. The van der Waals surface area contributed by atoms with Crippen molar-refractivity contribution in [2.24, 2.45) is 5.92 Å². The molecule has 0 bridgehead atoms. The molecule has 0 radical (unpaired) electrons. The molecule has 8 nitrogen and oxygen atoms in total. The van der Waals surface area contributed by atoms with E-state index in [9.17, 15) is 9.59 Å². The van der Waals surface area contributed by atoms with Gasteiger partial charge < -0.3 is 10.1 Å². The van der Waals surface area contributed by atoms with Gasteiger partial charge in [0, 0.05) is 6.54 Å². The number of ether oxygens (including phenoxy) is 1. The third-order valence-corrected chi connectivity index (χ3v) is 5.68. The van der Waals surface area contributed by atoms with Crippen molar-refractivity contribution in [2.45, 2.75) is 45.4 Å². The van der Waals surface area contributed by atoms with E-state index in [4.69, 9.17) is 4.74 Å². The molecule has 2 heterocycles. The molecule has 1 aliphatic rings.